The Bertz CT molecular complexity index is 578. The number of nitrogens with zero attached hydrogens (tertiary/aromatic N) is 2. The zero-order valence-corrected chi connectivity index (χ0v) is 17.0. The number of ether oxygens (including phenoxy) is 2. The molecule has 0 unspecified atom stereocenters. The normalized spacial score (nSPS) is 20.4. The molecule has 5 nitrogen and oxygen atoms in total. The standard InChI is InChI=1S/C22H35N3O2/c1-23-21(25-14-10-20(11-15-25)27-17-7-16-26-2)24-18-22(12-6-13-22)19-8-4-3-5-9-19/h3-5,8-9,20H,6-7,10-18H2,1-2H3,(H,23,24). The van der Waals surface area contributed by atoms with E-state index < -0.39 is 0 Å². The largest absolute Gasteiger partial charge is 0.385 e. The van der Waals surface area contributed by atoms with Crippen LogP contribution in [-0.4, -0.2) is 64.0 Å². The van der Waals surface area contributed by atoms with Crippen LogP contribution in [0.2, 0.25) is 0 Å². The lowest BCUT2D eigenvalue weighted by Gasteiger charge is -2.44. The molecular weight excluding hydrogens is 338 g/mol. The molecule has 27 heavy (non-hydrogen) atoms. The highest BCUT2D eigenvalue weighted by atomic mass is 16.5. The van der Waals surface area contributed by atoms with Crippen molar-refractivity contribution in [2.24, 2.45) is 4.99 Å². The van der Waals surface area contributed by atoms with E-state index in [2.05, 4.69) is 45.5 Å². The molecular formula is C22H35N3O2. The van der Waals surface area contributed by atoms with Gasteiger partial charge >= 0.3 is 0 Å². The number of aliphatic imine (C=N–C) groups is 1. The van der Waals surface area contributed by atoms with E-state index in [1.807, 2.05) is 7.05 Å². The number of nitrogens with one attached hydrogen (secondary N) is 1. The smallest absolute Gasteiger partial charge is 0.193 e. The van der Waals surface area contributed by atoms with Gasteiger partial charge in [-0.3, -0.25) is 4.99 Å². The van der Waals surface area contributed by atoms with Crippen molar-refractivity contribution in [1.82, 2.24) is 10.2 Å². The lowest BCUT2D eigenvalue weighted by Crippen LogP contribution is -2.52. The van der Waals surface area contributed by atoms with Gasteiger partial charge < -0.3 is 19.7 Å². The van der Waals surface area contributed by atoms with E-state index in [0.717, 1.165) is 58.1 Å². The Balaban J connectivity index is 1.46. The maximum absolute atomic E-state index is 5.98. The molecule has 0 atom stereocenters. The quantitative estimate of drug-likeness (QED) is 0.432. The van der Waals surface area contributed by atoms with Crippen molar-refractivity contribution in [2.45, 2.75) is 50.0 Å². The average Bonchev–Trinajstić information content (AvgIpc) is 2.69. The molecule has 1 aliphatic carbocycles. The number of hydrogen-bond donors (Lipinski definition) is 1. The SMILES string of the molecule is CN=C(NCC1(c2ccccc2)CCC1)N1CCC(OCCCOC)CC1. The molecule has 3 rings (SSSR count). The van der Waals surface area contributed by atoms with Crippen LogP contribution in [0.25, 0.3) is 0 Å². The average molecular weight is 374 g/mol. The van der Waals surface area contributed by atoms with Gasteiger partial charge in [-0.25, -0.2) is 0 Å². The third kappa shape index (κ3) is 5.23. The summed E-state index contributed by atoms with van der Waals surface area (Å²) in [6.07, 6.45) is 7.33. The molecule has 1 saturated carbocycles. The summed E-state index contributed by atoms with van der Waals surface area (Å²) in [6.45, 7) is 4.56. The van der Waals surface area contributed by atoms with E-state index in [1.54, 1.807) is 7.11 Å². The Morgan fingerprint density at radius 2 is 1.93 bits per heavy atom. The Kier molecular flexibility index (Phi) is 7.53. The number of methoxy groups -OCH3 is 1. The van der Waals surface area contributed by atoms with E-state index >= 15 is 0 Å². The lowest BCUT2D eigenvalue weighted by molar-refractivity contribution is 0.00982. The van der Waals surface area contributed by atoms with Gasteiger partial charge in [0.2, 0.25) is 0 Å². The number of likely N-dealkylation sites (tertiary alicyclic amines) is 1. The Morgan fingerprint density at radius 3 is 2.52 bits per heavy atom. The van der Waals surface area contributed by atoms with Gasteiger partial charge in [-0.2, -0.15) is 0 Å². The molecule has 2 aliphatic rings. The van der Waals surface area contributed by atoms with Crippen LogP contribution in [0.1, 0.15) is 44.1 Å². The fourth-order valence-corrected chi connectivity index (χ4v) is 4.23. The molecule has 1 aliphatic heterocycles. The van der Waals surface area contributed by atoms with Crippen LogP contribution in [-0.2, 0) is 14.9 Å². The second-order valence-electron chi connectivity index (χ2n) is 7.80. The minimum absolute atomic E-state index is 0.278. The third-order valence-electron chi connectivity index (χ3n) is 6.08. The summed E-state index contributed by atoms with van der Waals surface area (Å²) in [4.78, 5) is 6.93. The second-order valence-corrected chi connectivity index (χ2v) is 7.80. The maximum atomic E-state index is 5.98. The lowest BCUT2D eigenvalue weighted by atomic mass is 9.64. The summed E-state index contributed by atoms with van der Waals surface area (Å²) in [5.74, 6) is 1.04. The molecule has 1 N–H and O–H groups in total. The molecule has 1 aromatic rings. The number of piperidine rings is 1. The van der Waals surface area contributed by atoms with Gasteiger partial charge in [0.25, 0.3) is 0 Å². The molecule has 2 fully saturated rings. The van der Waals surface area contributed by atoms with Crippen molar-refractivity contribution in [3.63, 3.8) is 0 Å². The monoisotopic (exact) mass is 373 g/mol. The van der Waals surface area contributed by atoms with Crippen molar-refractivity contribution < 1.29 is 9.47 Å². The Labute approximate surface area is 164 Å². The van der Waals surface area contributed by atoms with E-state index in [1.165, 1.54) is 24.8 Å². The van der Waals surface area contributed by atoms with Gasteiger partial charge in [0.05, 0.1) is 6.10 Å². The predicted molar refractivity (Wildman–Crippen MR) is 110 cm³/mol. The minimum Gasteiger partial charge on any atom is -0.385 e. The number of hydrogen-bond acceptors (Lipinski definition) is 3. The van der Waals surface area contributed by atoms with Crippen molar-refractivity contribution in [3.05, 3.63) is 35.9 Å². The van der Waals surface area contributed by atoms with Gasteiger partial charge in [0.1, 0.15) is 0 Å². The fourth-order valence-electron chi connectivity index (χ4n) is 4.23. The first-order chi connectivity index (χ1) is 13.3. The van der Waals surface area contributed by atoms with Gasteiger partial charge in [-0.05, 0) is 37.7 Å². The summed E-state index contributed by atoms with van der Waals surface area (Å²) in [7, 11) is 3.63. The van der Waals surface area contributed by atoms with Crippen LogP contribution >= 0.6 is 0 Å². The van der Waals surface area contributed by atoms with Crippen molar-refractivity contribution in [1.29, 1.82) is 0 Å². The molecule has 0 aromatic heterocycles. The van der Waals surface area contributed by atoms with Gasteiger partial charge in [-0.1, -0.05) is 36.8 Å². The van der Waals surface area contributed by atoms with E-state index in [9.17, 15) is 0 Å². The van der Waals surface area contributed by atoms with E-state index in [-0.39, 0.29) is 5.41 Å². The Hall–Kier alpha value is -1.59. The van der Waals surface area contributed by atoms with Crippen LogP contribution in [0.15, 0.2) is 35.3 Å². The zero-order chi connectivity index (χ0) is 19.0. The maximum Gasteiger partial charge on any atom is 0.193 e. The highest BCUT2D eigenvalue weighted by Crippen LogP contribution is 2.43. The van der Waals surface area contributed by atoms with Gasteiger partial charge in [-0.15, -0.1) is 0 Å². The summed E-state index contributed by atoms with van der Waals surface area (Å²) < 4.78 is 11.1. The topological polar surface area (TPSA) is 46.1 Å². The minimum atomic E-state index is 0.278. The van der Waals surface area contributed by atoms with Gasteiger partial charge in [0, 0.05) is 52.4 Å². The first-order valence-corrected chi connectivity index (χ1v) is 10.4. The Morgan fingerprint density at radius 1 is 1.19 bits per heavy atom. The molecule has 1 aromatic carbocycles. The second kappa shape index (κ2) is 10.1. The van der Waals surface area contributed by atoms with E-state index in [0.29, 0.717) is 6.10 Å². The molecule has 0 amide bonds. The number of rotatable bonds is 8. The summed E-state index contributed by atoms with van der Waals surface area (Å²) >= 11 is 0. The molecule has 0 radical (unpaired) electrons. The highest BCUT2D eigenvalue weighted by molar-refractivity contribution is 5.80. The summed E-state index contributed by atoms with van der Waals surface area (Å²) in [5, 5.41) is 3.67. The number of guanidine groups is 1. The zero-order valence-electron chi connectivity index (χ0n) is 17.0. The number of benzene rings is 1. The van der Waals surface area contributed by atoms with E-state index in [4.69, 9.17) is 9.47 Å². The summed E-state index contributed by atoms with van der Waals surface area (Å²) in [6, 6.07) is 11.0. The van der Waals surface area contributed by atoms with Crippen LogP contribution in [0.5, 0.6) is 0 Å². The third-order valence-corrected chi connectivity index (χ3v) is 6.08. The molecule has 5 heteroatoms. The summed E-state index contributed by atoms with van der Waals surface area (Å²) in [5.41, 5.74) is 1.74. The van der Waals surface area contributed by atoms with Crippen molar-refractivity contribution in [2.75, 3.05) is 47.0 Å². The van der Waals surface area contributed by atoms with Crippen LogP contribution in [0.3, 0.4) is 0 Å². The first kappa shape index (κ1) is 20.2. The van der Waals surface area contributed by atoms with Crippen molar-refractivity contribution >= 4 is 5.96 Å². The molecule has 1 heterocycles. The fraction of sp³-hybridized carbons (Fsp3) is 0.682. The first-order valence-electron chi connectivity index (χ1n) is 10.4. The predicted octanol–water partition coefficient (Wildman–Crippen LogP) is 3.20. The van der Waals surface area contributed by atoms with Crippen LogP contribution in [0.4, 0.5) is 0 Å². The molecule has 150 valence electrons. The molecule has 0 spiro atoms. The van der Waals surface area contributed by atoms with Crippen molar-refractivity contribution in [3.8, 4) is 0 Å². The van der Waals surface area contributed by atoms with Crippen LogP contribution < -0.4 is 5.32 Å². The van der Waals surface area contributed by atoms with Crippen LogP contribution in [0, 0.1) is 0 Å². The highest BCUT2D eigenvalue weighted by Gasteiger charge is 2.38. The molecule has 0 bridgehead atoms. The van der Waals surface area contributed by atoms with Gasteiger partial charge in [0.15, 0.2) is 5.96 Å². The molecule has 1 saturated heterocycles.